The fraction of sp³-hybridized carbons (Fsp3) is 0.556. The Morgan fingerprint density at radius 1 is 1.36 bits per heavy atom. The maximum absolute atomic E-state index is 9.18. The van der Waals surface area contributed by atoms with E-state index in [1.807, 2.05) is 0 Å². The lowest BCUT2D eigenvalue weighted by Crippen LogP contribution is -2.07. The number of allylic oxidation sites excluding steroid dienone is 2. The third-order valence-electron chi connectivity index (χ3n) is 1.35. The molecule has 0 saturated heterocycles. The monoisotopic (exact) mass is 156 g/mol. The molecule has 0 spiro atoms. The van der Waals surface area contributed by atoms with Gasteiger partial charge in [0.15, 0.2) is 0 Å². The molecule has 0 rings (SSSR count). The molecule has 11 heavy (non-hydrogen) atoms. The molecule has 2 nitrogen and oxygen atoms in total. The fourth-order valence-corrected chi connectivity index (χ4v) is 0.715. The van der Waals surface area contributed by atoms with Crippen molar-refractivity contribution in [3.63, 3.8) is 0 Å². The van der Waals surface area contributed by atoms with Crippen LogP contribution in [0.2, 0.25) is 0 Å². The fourth-order valence-electron chi connectivity index (χ4n) is 0.715. The van der Waals surface area contributed by atoms with Crippen LogP contribution >= 0.6 is 0 Å². The van der Waals surface area contributed by atoms with Crippen molar-refractivity contribution in [3.8, 4) is 0 Å². The third-order valence-corrected chi connectivity index (χ3v) is 1.35. The summed E-state index contributed by atoms with van der Waals surface area (Å²) in [6.07, 6.45) is 5.42. The zero-order chi connectivity index (χ0) is 8.69. The molecule has 0 aliphatic carbocycles. The van der Waals surface area contributed by atoms with E-state index >= 15 is 0 Å². The van der Waals surface area contributed by atoms with Gasteiger partial charge in [-0.2, -0.15) is 0 Å². The Bertz CT molecular complexity index is 128. The Kier molecular flexibility index (Phi) is 5.80. The van der Waals surface area contributed by atoms with Crippen molar-refractivity contribution < 1.29 is 10.2 Å². The third kappa shape index (κ3) is 7.30. The summed E-state index contributed by atoms with van der Waals surface area (Å²) in [5.74, 6) is 0. The molecule has 0 amide bonds. The first-order valence-electron chi connectivity index (χ1n) is 3.82. The predicted molar refractivity (Wildman–Crippen MR) is 46.3 cm³/mol. The summed E-state index contributed by atoms with van der Waals surface area (Å²) in [6.45, 7) is 5.19. The minimum Gasteiger partial charge on any atom is -0.393 e. The van der Waals surface area contributed by atoms with E-state index in [2.05, 4.69) is 6.58 Å². The van der Waals surface area contributed by atoms with Crippen molar-refractivity contribution in [2.45, 2.75) is 32.0 Å². The van der Waals surface area contributed by atoms with E-state index < -0.39 is 6.10 Å². The Morgan fingerprint density at radius 2 is 2.00 bits per heavy atom. The highest BCUT2D eigenvalue weighted by molar-refractivity contribution is 5.00. The smallest absolute Gasteiger partial charge is 0.0724 e. The van der Waals surface area contributed by atoms with Gasteiger partial charge in [0.25, 0.3) is 0 Å². The predicted octanol–water partition coefficient (Wildman–Crippen LogP) is 1.25. The second kappa shape index (κ2) is 6.13. The summed E-state index contributed by atoms with van der Waals surface area (Å²) in [5, 5.41) is 18.1. The van der Waals surface area contributed by atoms with E-state index in [1.165, 1.54) is 0 Å². The van der Waals surface area contributed by atoms with Gasteiger partial charge in [0, 0.05) is 0 Å². The number of aliphatic hydroxyl groups is 2. The highest BCUT2D eigenvalue weighted by Crippen LogP contribution is 2.01. The first kappa shape index (κ1) is 10.4. The summed E-state index contributed by atoms with van der Waals surface area (Å²) >= 11 is 0. The molecule has 0 aromatic heterocycles. The van der Waals surface area contributed by atoms with Crippen LogP contribution in [0.15, 0.2) is 24.8 Å². The zero-order valence-corrected chi connectivity index (χ0v) is 6.90. The van der Waals surface area contributed by atoms with E-state index in [-0.39, 0.29) is 6.10 Å². The minimum absolute atomic E-state index is 0.332. The summed E-state index contributed by atoms with van der Waals surface area (Å²) in [4.78, 5) is 0. The Morgan fingerprint density at radius 3 is 2.45 bits per heavy atom. The Hall–Kier alpha value is -0.600. The topological polar surface area (TPSA) is 40.5 Å². The quantitative estimate of drug-likeness (QED) is 0.588. The van der Waals surface area contributed by atoms with Crippen LogP contribution in [0.1, 0.15) is 19.8 Å². The Balaban J connectivity index is 3.44. The van der Waals surface area contributed by atoms with E-state index in [9.17, 15) is 5.11 Å². The number of aliphatic hydroxyl groups excluding tert-OH is 2. The molecule has 0 aliphatic rings. The van der Waals surface area contributed by atoms with Crippen LogP contribution in [0.5, 0.6) is 0 Å². The average molecular weight is 156 g/mol. The SMILES string of the molecule is C=CC=CC(O)CCC(C)O. The zero-order valence-electron chi connectivity index (χ0n) is 6.90. The molecule has 0 saturated carbocycles. The van der Waals surface area contributed by atoms with E-state index in [1.54, 1.807) is 25.2 Å². The van der Waals surface area contributed by atoms with Gasteiger partial charge in [-0.1, -0.05) is 24.8 Å². The van der Waals surface area contributed by atoms with Gasteiger partial charge in [0.1, 0.15) is 0 Å². The number of hydrogen-bond donors (Lipinski definition) is 2. The molecule has 2 heteroatoms. The maximum atomic E-state index is 9.18. The second-order valence-corrected chi connectivity index (χ2v) is 2.61. The van der Waals surface area contributed by atoms with Crippen molar-refractivity contribution in [2.75, 3.05) is 0 Å². The molecule has 2 unspecified atom stereocenters. The molecular formula is C9H16O2. The van der Waals surface area contributed by atoms with Crippen LogP contribution in [-0.4, -0.2) is 22.4 Å². The van der Waals surface area contributed by atoms with Crippen LogP contribution in [0.3, 0.4) is 0 Å². The van der Waals surface area contributed by atoms with Crippen molar-refractivity contribution in [3.05, 3.63) is 24.8 Å². The molecule has 0 aromatic carbocycles. The van der Waals surface area contributed by atoms with Gasteiger partial charge in [0.05, 0.1) is 12.2 Å². The summed E-state index contributed by atoms with van der Waals surface area (Å²) in [7, 11) is 0. The van der Waals surface area contributed by atoms with Crippen LogP contribution in [0.4, 0.5) is 0 Å². The number of rotatable bonds is 5. The lowest BCUT2D eigenvalue weighted by atomic mass is 10.1. The van der Waals surface area contributed by atoms with Gasteiger partial charge in [-0.3, -0.25) is 0 Å². The van der Waals surface area contributed by atoms with Crippen LogP contribution < -0.4 is 0 Å². The summed E-state index contributed by atoms with van der Waals surface area (Å²) in [6, 6.07) is 0. The molecule has 64 valence electrons. The molecule has 0 fully saturated rings. The molecular weight excluding hydrogens is 140 g/mol. The molecule has 0 aliphatic heterocycles. The van der Waals surface area contributed by atoms with E-state index in [0.717, 1.165) is 0 Å². The second-order valence-electron chi connectivity index (χ2n) is 2.61. The van der Waals surface area contributed by atoms with Gasteiger partial charge >= 0.3 is 0 Å². The molecule has 0 aromatic rings. The highest BCUT2D eigenvalue weighted by atomic mass is 16.3. The maximum Gasteiger partial charge on any atom is 0.0724 e. The van der Waals surface area contributed by atoms with E-state index in [4.69, 9.17) is 5.11 Å². The lowest BCUT2D eigenvalue weighted by molar-refractivity contribution is 0.146. The van der Waals surface area contributed by atoms with Crippen molar-refractivity contribution >= 4 is 0 Å². The molecule has 2 atom stereocenters. The molecule has 0 radical (unpaired) electrons. The van der Waals surface area contributed by atoms with Crippen LogP contribution in [-0.2, 0) is 0 Å². The molecule has 2 N–H and O–H groups in total. The normalized spacial score (nSPS) is 16.6. The van der Waals surface area contributed by atoms with Crippen LogP contribution in [0, 0.1) is 0 Å². The summed E-state index contributed by atoms with van der Waals surface area (Å²) in [5.41, 5.74) is 0. The molecule has 0 bridgehead atoms. The van der Waals surface area contributed by atoms with Crippen LogP contribution in [0.25, 0.3) is 0 Å². The van der Waals surface area contributed by atoms with Gasteiger partial charge in [-0.25, -0.2) is 0 Å². The van der Waals surface area contributed by atoms with Gasteiger partial charge in [-0.15, -0.1) is 0 Å². The van der Waals surface area contributed by atoms with Crippen molar-refractivity contribution in [1.82, 2.24) is 0 Å². The lowest BCUT2D eigenvalue weighted by Gasteiger charge is -2.06. The van der Waals surface area contributed by atoms with Gasteiger partial charge < -0.3 is 10.2 Å². The Labute approximate surface area is 67.9 Å². The largest absolute Gasteiger partial charge is 0.393 e. The molecule has 0 heterocycles. The van der Waals surface area contributed by atoms with Crippen molar-refractivity contribution in [1.29, 1.82) is 0 Å². The first-order chi connectivity index (χ1) is 5.16. The van der Waals surface area contributed by atoms with Crippen molar-refractivity contribution in [2.24, 2.45) is 0 Å². The average Bonchev–Trinajstić information content (AvgIpc) is 1.97. The summed E-state index contributed by atoms with van der Waals surface area (Å²) < 4.78 is 0. The standard InChI is InChI=1S/C9H16O2/c1-3-4-5-9(11)7-6-8(2)10/h3-5,8-11H,1,6-7H2,2H3. The van der Waals surface area contributed by atoms with E-state index in [0.29, 0.717) is 12.8 Å². The van der Waals surface area contributed by atoms with Gasteiger partial charge in [0.2, 0.25) is 0 Å². The minimum atomic E-state index is -0.456. The van der Waals surface area contributed by atoms with Gasteiger partial charge in [-0.05, 0) is 19.8 Å². The highest BCUT2D eigenvalue weighted by Gasteiger charge is 2.00. The number of hydrogen-bond acceptors (Lipinski definition) is 2. The first-order valence-corrected chi connectivity index (χ1v) is 3.82.